The topological polar surface area (TPSA) is 66.4 Å². The van der Waals surface area contributed by atoms with Gasteiger partial charge in [-0.2, -0.15) is 0 Å². The molecule has 0 atom stereocenters. The summed E-state index contributed by atoms with van der Waals surface area (Å²) in [5.41, 5.74) is 0.943. The van der Waals surface area contributed by atoms with Gasteiger partial charge < -0.3 is 10.4 Å². The van der Waals surface area contributed by atoms with E-state index in [2.05, 4.69) is 5.32 Å². The van der Waals surface area contributed by atoms with E-state index in [1.165, 1.54) is 30.3 Å². The summed E-state index contributed by atoms with van der Waals surface area (Å²) in [6, 6.07) is 10.1. The van der Waals surface area contributed by atoms with Crippen LogP contribution >= 0.6 is 11.6 Å². The van der Waals surface area contributed by atoms with E-state index in [-0.39, 0.29) is 22.7 Å². The SMILES string of the molecule is O=C(O)c1ccc(CNC(=O)c2cccc(F)c2Cl)cc1. The highest BCUT2D eigenvalue weighted by molar-refractivity contribution is 6.34. The summed E-state index contributed by atoms with van der Waals surface area (Å²) in [6.45, 7) is 0.186. The molecule has 21 heavy (non-hydrogen) atoms. The molecule has 4 nitrogen and oxygen atoms in total. The molecule has 0 unspecified atom stereocenters. The second-order valence-corrected chi connectivity index (χ2v) is 4.66. The molecule has 0 bridgehead atoms. The molecule has 2 aromatic rings. The van der Waals surface area contributed by atoms with Gasteiger partial charge in [0.05, 0.1) is 16.1 Å². The molecule has 2 N–H and O–H groups in total. The summed E-state index contributed by atoms with van der Waals surface area (Å²) in [5, 5.41) is 11.1. The van der Waals surface area contributed by atoms with E-state index < -0.39 is 17.7 Å². The molecule has 1 amide bonds. The van der Waals surface area contributed by atoms with Gasteiger partial charge >= 0.3 is 5.97 Å². The third-order valence-corrected chi connectivity index (χ3v) is 3.23. The van der Waals surface area contributed by atoms with Crippen LogP contribution in [0.3, 0.4) is 0 Å². The molecule has 0 aliphatic heterocycles. The summed E-state index contributed by atoms with van der Waals surface area (Å²) in [6.07, 6.45) is 0. The minimum Gasteiger partial charge on any atom is -0.478 e. The minimum atomic E-state index is -1.02. The number of amides is 1. The van der Waals surface area contributed by atoms with Crippen LogP contribution in [-0.2, 0) is 6.54 Å². The van der Waals surface area contributed by atoms with E-state index >= 15 is 0 Å². The first-order valence-electron chi connectivity index (χ1n) is 6.03. The number of hydrogen-bond acceptors (Lipinski definition) is 2. The lowest BCUT2D eigenvalue weighted by molar-refractivity contribution is 0.0696. The lowest BCUT2D eigenvalue weighted by atomic mass is 10.1. The van der Waals surface area contributed by atoms with Crippen molar-refractivity contribution < 1.29 is 19.1 Å². The van der Waals surface area contributed by atoms with Crippen LogP contribution in [0.15, 0.2) is 42.5 Å². The molecule has 2 rings (SSSR count). The fraction of sp³-hybridized carbons (Fsp3) is 0.0667. The molecular formula is C15H11ClFNO3. The number of carboxylic acid groups (broad SMARTS) is 1. The predicted octanol–water partition coefficient (Wildman–Crippen LogP) is 3.11. The van der Waals surface area contributed by atoms with Gasteiger partial charge in [0.1, 0.15) is 5.82 Å². The van der Waals surface area contributed by atoms with Crippen LogP contribution in [0.25, 0.3) is 0 Å². The number of carbonyl (C=O) groups excluding carboxylic acids is 1. The Morgan fingerprint density at radius 1 is 1.14 bits per heavy atom. The van der Waals surface area contributed by atoms with Gasteiger partial charge in [0.25, 0.3) is 5.91 Å². The quantitative estimate of drug-likeness (QED) is 0.912. The number of nitrogens with one attached hydrogen (secondary N) is 1. The van der Waals surface area contributed by atoms with Crippen LogP contribution < -0.4 is 5.32 Å². The Morgan fingerprint density at radius 2 is 1.81 bits per heavy atom. The molecule has 6 heteroatoms. The van der Waals surface area contributed by atoms with E-state index in [9.17, 15) is 14.0 Å². The maximum Gasteiger partial charge on any atom is 0.335 e. The third-order valence-electron chi connectivity index (χ3n) is 2.85. The summed E-state index contributed by atoms with van der Waals surface area (Å²) in [4.78, 5) is 22.6. The zero-order valence-corrected chi connectivity index (χ0v) is 11.5. The maximum atomic E-state index is 13.3. The Balaban J connectivity index is 2.04. The van der Waals surface area contributed by atoms with Crippen molar-refractivity contribution in [3.05, 3.63) is 70.0 Å². The van der Waals surface area contributed by atoms with Crippen molar-refractivity contribution in [3.8, 4) is 0 Å². The molecule has 0 saturated heterocycles. The smallest absolute Gasteiger partial charge is 0.335 e. The van der Waals surface area contributed by atoms with Gasteiger partial charge in [-0.05, 0) is 29.8 Å². The van der Waals surface area contributed by atoms with Crippen molar-refractivity contribution in [2.45, 2.75) is 6.54 Å². The van der Waals surface area contributed by atoms with Gasteiger partial charge in [0.15, 0.2) is 0 Å². The highest BCUT2D eigenvalue weighted by atomic mass is 35.5. The van der Waals surface area contributed by atoms with Crippen LogP contribution in [0.5, 0.6) is 0 Å². The van der Waals surface area contributed by atoms with Crippen molar-refractivity contribution in [2.75, 3.05) is 0 Å². The lowest BCUT2D eigenvalue weighted by Gasteiger charge is -2.07. The third kappa shape index (κ3) is 3.58. The normalized spacial score (nSPS) is 10.2. The molecule has 0 saturated carbocycles. The fourth-order valence-corrected chi connectivity index (χ4v) is 1.93. The first-order valence-corrected chi connectivity index (χ1v) is 6.41. The molecule has 0 aliphatic carbocycles. The molecule has 0 aromatic heterocycles. The van der Waals surface area contributed by atoms with Crippen molar-refractivity contribution >= 4 is 23.5 Å². The number of rotatable bonds is 4. The first-order chi connectivity index (χ1) is 9.99. The van der Waals surface area contributed by atoms with E-state index in [0.29, 0.717) is 0 Å². The maximum absolute atomic E-state index is 13.3. The first kappa shape index (κ1) is 15.0. The second kappa shape index (κ2) is 6.37. The van der Waals surface area contributed by atoms with Crippen LogP contribution in [0.4, 0.5) is 4.39 Å². The van der Waals surface area contributed by atoms with Crippen LogP contribution in [0.1, 0.15) is 26.3 Å². The Kier molecular flexibility index (Phi) is 4.55. The largest absolute Gasteiger partial charge is 0.478 e. The van der Waals surface area contributed by atoms with Crippen molar-refractivity contribution in [1.29, 1.82) is 0 Å². The molecule has 0 aliphatic rings. The number of carbonyl (C=O) groups is 2. The number of hydrogen-bond donors (Lipinski definition) is 2. The summed E-state index contributed by atoms with van der Waals surface area (Å²) in [7, 11) is 0. The zero-order valence-electron chi connectivity index (χ0n) is 10.8. The van der Waals surface area contributed by atoms with Crippen molar-refractivity contribution in [2.24, 2.45) is 0 Å². The summed E-state index contributed by atoms with van der Waals surface area (Å²) < 4.78 is 13.3. The van der Waals surface area contributed by atoms with Crippen LogP contribution in [0, 0.1) is 5.82 Å². The average Bonchev–Trinajstić information content (AvgIpc) is 2.48. The monoisotopic (exact) mass is 307 g/mol. The molecule has 2 aromatic carbocycles. The molecular weight excluding hydrogens is 297 g/mol. The van der Waals surface area contributed by atoms with Gasteiger partial charge in [-0.25, -0.2) is 9.18 Å². The van der Waals surface area contributed by atoms with E-state index in [1.54, 1.807) is 12.1 Å². The van der Waals surface area contributed by atoms with E-state index in [0.717, 1.165) is 5.56 Å². The average molecular weight is 308 g/mol. The Labute approximate surface area is 125 Å². The number of carboxylic acids is 1. The Morgan fingerprint density at radius 3 is 2.43 bits per heavy atom. The highest BCUT2D eigenvalue weighted by Gasteiger charge is 2.13. The van der Waals surface area contributed by atoms with E-state index in [1.807, 2.05) is 0 Å². The van der Waals surface area contributed by atoms with Gasteiger partial charge in [-0.1, -0.05) is 29.8 Å². The molecule has 0 fully saturated rings. The standard InChI is InChI=1S/C15H11ClFNO3/c16-13-11(2-1-3-12(13)17)14(19)18-8-9-4-6-10(7-5-9)15(20)21/h1-7H,8H2,(H,18,19)(H,20,21). The molecule has 0 radical (unpaired) electrons. The van der Waals surface area contributed by atoms with Crippen LogP contribution in [0.2, 0.25) is 5.02 Å². The zero-order chi connectivity index (χ0) is 15.4. The fourth-order valence-electron chi connectivity index (χ4n) is 1.72. The van der Waals surface area contributed by atoms with Gasteiger partial charge in [-0.15, -0.1) is 0 Å². The van der Waals surface area contributed by atoms with Crippen molar-refractivity contribution in [3.63, 3.8) is 0 Å². The van der Waals surface area contributed by atoms with Gasteiger partial charge in [0, 0.05) is 6.54 Å². The van der Waals surface area contributed by atoms with Gasteiger partial charge in [-0.3, -0.25) is 4.79 Å². The van der Waals surface area contributed by atoms with Crippen LogP contribution in [-0.4, -0.2) is 17.0 Å². The highest BCUT2D eigenvalue weighted by Crippen LogP contribution is 2.19. The summed E-state index contributed by atoms with van der Waals surface area (Å²) >= 11 is 5.72. The number of halogens is 2. The number of aromatic carboxylic acids is 1. The molecule has 108 valence electrons. The Bertz CT molecular complexity index is 686. The number of benzene rings is 2. The minimum absolute atomic E-state index is 0.0545. The summed E-state index contributed by atoms with van der Waals surface area (Å²) in [5.74, 6) is -2.17. The molecule has 0 heterocycles. The molecule has 0 spiro atoms. The Hall–Kier alpha value is -2.40. The lowest BCUT2D eigenvalue weighted by Crippen LogP contribution is -2.23. The predicted molar refractivity (Wildman–Crippen MR) is 76.0 cm³/mol. The van der Waals surface area contributed by atoms with Gasteiger partial charge in [0.2, 0.25) is 0 Å². The van der Waals surface area contributed by atoms with Crippen molar-refractivity contribution in [1.82, 2.24) is 5.32 Å². The van der Waals surface area contributed by atoms with E-state index in [4.69, 9.17) is 16.7 Å². The second-order valence-electron chi connectivity index (χ2n) is 4.29.